The van der Waals surface area contributed by atoms with Crippen LogP contribution >= 0.6 is 0 Å². The first-order valence-corrected chi connectivity index (χ1v) is 7.87. The molecule has 0 bridgehead atoms. The van der Waals surface area contributed by atoms with Crippen molar-refractivity contribution in [1.29, 1.82) is 0 Å². The van der Waals surface area contributed by atoms with Crippen LogP contribution in [0.3, 0.4) is 0 Å². The second kappa shape index (κ2) is 5.09. The maximum Gasteiger partial charge on any atom is 0.224 e. The van der Waals surface area contributed by atoms with Crippen molar-refractivity contribution >= 4 is 21.6 Å². The third-order valence-corrected chi connectivity index (χ3v) is 4.65. The number of sulfone groups is 1. The van der Waals surface area contributed by atoms with E-state index < -0.39 is 9.84 Å². The molecule has 2 N–H and O–H groups in total. The highest BCUT2D eigenvalue weighted by Crippen LogP contribution is 2.19. The van der Waals surface area contributed by atoms with E-state index in [1.807, 2.05) is 13.8 Å². The van der Waals surface area contributed by atoms with Gasteiger partial charge in [-0.1, -0.05) is 0 Å². The maximum absolute atomic E-state index is 11.4. The van der Waals surface area contributed by atoms with E-state index in [2.05, 4.69) is 20.6 Å². The van der Waals surface area contributed by atoms with E-state index in [0.717, 1.165) is 12.1 Å². The molecular weight excluding hydrogens is 252 g/mol. The van der Waals surface area contributed by atoms with Crippen LogP contribution in [0.25, 0.3) is 0 Å². The number of nitrogens with one attached hydrogen (secondary N) is 2. The summed E-state index contributed by atoms with van der Waals surface area (Å²) in [7, 11) is -2.87. The summed E-state index contributed by atoms with van der Waals surface area (Å²) >= 11 is 0. The summed E-state index contributed by atoms with van der Waals surface area (Å²) in [5.41, 5.74) is 0.918. The number of aryl methyl sites for hydroxylation is 1. The fourth-order valence-electron chi connectivity index (χ4n) is 1.93. The monoisotopic (exact) mass is 270 g/mol. The number of rotatable bonds is 4. The quantitative estimate of drug-likeness (QED) is 0.842. The highest BCUT2D eigenvalue weighted by molar-refractivity contribution is 7.91. The van der Waals surface area contributed by atoms with Gasteiger partial charge in [0.15, 0.2) is 9.84 Å². The van der Waals surface area contributed by atoms with Gasteiger partial charge in [0, 0.05) is 24.3 Å². The average molecular weight is 270 g/mol. The van der Waals surface area contributed by atoms with Crippen molar-refractivity contribution in [2.24, 2.45) is 0 Å². The summed E-state index contributed by atoms with van der Waals surface area (Å²) in [6.07, 6.45) is 2.37. The second-order valence-corrected chi connectivity index (χ2v) is 6.73. The van der Waals surface area contributed by atoms with Gasteiger partial charge in [0.1, 0.15) is 5.82 Å². The van der Waals surface area contributed by atoms with Crippen LogP contribution < -0.4 is 10.6 Å². The van der Waals surface area contributed by atoms with E-state index in [-0.39, 0.29) is 17.5 Å². The van der Waals surface area contributed by atoms with E-state index in [1.54, 1.807) is 6.20 Å². The molecular formula is C11H18N4O2S. The number of hydrogen-bond donors (Lipinski definition) is 2. The molecule has 6 nitrogen and oxygen atoms in total. The lowest BCUT2D eigenvalue weighted by atomic mass is 10.2. The molecule has 1 unspecified atom stereocenters. The van der Waals surface area contributed by atoms with E-state index in [0.29, 0.717) is 18.2 Å². The van der Waals surface area contributed by atoms with E-state index in [9.17, 15) is 8.42 Å². The summed E-state index contributed by atoms with van der Waals surface area (Å²) < 4.78 is 22.8. The Morgan fingerprint density at radius 2 is 2.28 bits per heavy atom. The maximum atomic E-state index is 11.4. The first-order valence-electron chi connectivity index (χ1n) is 6.04. The van der Waals surface area contributed by atoms with Crippen molar-refractivity contribution in [1.82, 2.24) is 9.97 Å². The van der Waals surface area contributed by atoms with Gasteiger partial charge in [0.05, 0.1) is 11.5 Å². The molecule has 18 heavy (non-hydrogen) atoms. The first-order chi connectivity index (χ1) is 8.50. The minimum absolute atomic E-state index is 0.0434. The summed E-state index contributed by atoms with van der Waals surface area (Å²) in [6, 6.07) is -0.0434. The van der Waals surface area contributed by atoms with Gasteiger partial charge < -0.3 is 10.6 Å². The van der Waals surface area contributed by atoms with Crippen LogP contribution in [0.1, 0.15) is 18.9 Å². The van der Waals surface area contributed by atoms with E-state index in [4.69, 9.17) is 0 Å². The smallest absolute Gasteiger partial charge is 0.224 e. The predicted octanol–water partition coefficient (Wildman–Crippen LogP) is 0.816. The minimum atomic E-state index is -2.87. The number of aromatic nitrogens is 2. The molecule has 1 atom stereocenters. The molecule has 0 radical (unpaired) electrons. The third-order valence-electron chi connectivity index (χ3n) is 2.88. The number of anilines is 2. The topological polar surface area (TPSA) is 84.0 Å². The molecule has 0 aromatic carbocycles. The zero-order chi connectivity index (χ0) is 13.2. The van der Waals surface area contributed by atoms with Crippen molar-refractivity contribution in [3.05, 3.63) is 11.8 Å². The lowest BCUT2D eigenvalue weighted by molar-refractivity contribution is 0.602. The highest BCUT2D eigenvalue weighted by Gasteiger charge is 2.28. The molecule has 1 aliphatic heterocycles. The van der Waals surface area contributed by atoms with Crippen molar-refractivity contribution < 1.29 is 8.42 Å². The molecule has 2 heterocycles. The van der Waals surface area contributed by atoms with Crippen molar-refractivity contribution in [2.45, 2.75) is 26.3 Å². The van der Waals surface area contributed by atoms with Crippen LogP contribution in [0.15, 0.2) is 6.20 Å². The Hall–Kier alpha value is -1.37. The molecule has 0 aliphatic carbocycles. The fourth-order valence-corrected chi connectivity index (χ4v) is 3.61. The van der Waals surface area contributed by atoms with Crippen LogP contribution in [-0.4, -0.2) is 42.5 Å². The molecule has 1 fully saturated rings. The Morgan fingerprint density at radius 1 is 1.50 bits per heavy atom. The molecule has 1 aliphatic rings. The zero-order valence-electron chi connectivity index (χ0n) is 10.6. The standard InChI is InChI=1S/C11H18N4O2S/c1-3-12-11-13-6-8(2)10(15-11)14-9-4-5-18(16,17)7-9/h6,9H,3-5,7H2,1-2H3,(H2,12,13,14,15). The largest absolute Gasteiger partial charge is 0.366 e. The lowest BCUT2D eigenvalue weighted by Crippen LogP contribution is -2.22. The van der Waals surface area contributed by atoms with E-state index >= 15 is 0 Å². The number of nitrogens with zero attached hydrogens (tertiary/aromatic N) is 2. The molecule has 1 saturated heterocycles. The van der Waals surface area contributed by atoms with Crippen molar-refractivity contribution in [3.8, 4) is 0 Å². The molecule has 1 aromatic heterocycles. The lowest BCUT2D eigenvalue weighted by Gasteiger charge is -2.14. The average Bonchev–Trinajstić information content (AvgIpc) is 2.63. The Kier molecular flexibility index (Phi) is 3.70. The summed E-state index contributed by atoms with van der Waals surface area (Å²) in [5, 5.41) is 6.23. The fraction of sp³-hybridized carbons (Fsp3) is 0.636. The molecule has 100 valence electrons. The summed E-state index contributed by atoms with van der Waals surface area (Å²) in [5.74, 6) is 1.72. The predicted molar refractivity (Wildman–Crippen MR) is 71.6 cm³/mol. The van der Waals surface area contributed by atoms with Crippen LogP contribution in [0.2, 0.25) is 0 Å². The Bertz CT molecular complexity index is 530. The minimum Gasteiger partial charge on any atom is -0.366 e. The summed E-state index contributed by atoms with van der Waals surface area (Å²) in [6.45, 7) is 4.63. The number of hydrogen-bond acceptors (Lipinski definition) is 6. The zero-order valence-corrected chi connectivity index (χ0v) is 11.4. The van der Waals surface area contributed by atoms with Gasteiger partial charge in [-0.2, -0.15) is 4.98 Å². The van der Waals surface area contributed by atoms with Crippen molar-refractivity contribution in [2.75, 3.05) is 28.7 Å². The first kappa shape index (κ1) is 13.1. The van der Waals surface area contributed by atoms with Gasteiger partial charge in [-0.15, -0.1) is 0 Å². The van der Waals surface area contributed by atoms with Crippen LogP contribution in [0.5, 0.6) is 0 Å². The summed E-state index contributed by atoms with van der Waals surface area (Å²) in [4.78, 5) is 8.50. The second-order valence-electron chi connectivity index (χ2n) is 4.50. The van der Waals surface area contributed by atoms with Gasteiger partial charge in [0.2, 0.25) is 5.95 Å². The van der Waals surface area contributed by atoms with Gasteiger partial charge in [-0.05, 0) is 20.3 Å². The Balaban J connectivity index is 2.11. The normalized spacial score (nSPS) is 21.8. The molecule has 0 spiro atoms. The van der Waals surface area contributed by atoms with Crippen LogP contribution in [0.4, 0.5) is 11.8 Å². The van der Waals surface area contributed by atoms with Crippen LogP contribution in [0, 0.1) is 6.92 Å². The Labute approximate surface area is 107 Å². The molecule has 0 saturated carbocycles. The molecule has 0 amide bonds. The highest BCUT2D eigenvalue weighted by atomic mass is 32.2. The van der Waals surface area contributed by atoms with Gasteiger partial charge in [-0.25, -0.2) is 13.4 Å². The third kappa shape index (κ3) is 3.10. The van der Waals surface area contributed by atoms with Gasteiger partial charge in [-0.3, -0.25) is 0 Å². The molecule has 2 rings (SSSR count). The molecule has 7 heteroatoms. The molecule has 1 aromatic rings. The van der Waals surface area contributed by atoms with Gasteiger partial charge in [0.25, 0.3) is 0 Å². The van der Waals surface area contributed by atoms with Crippen molar-refractivity contribution in [3.63, 3.8) is 0 Å². The van der Waals surface area contributed by atoms with Gasteiger partial charge >= 0.3 is 0 Å². The van der Waals surface area contributed by atoms with E-state index in [1.165, 1.54) is 0 Å². The SMILES string of the molecule is CCNc1ncc(C)c(NC2CCS(=O)(=O)C2)n1. The van der Waals surface area contributed by atoms with Crippen LogP contribution in [-0.2, 0) is 9.84 Å². The Morgan fingerprint density at radius 3 is 2.89 bits per heavy atom.